The molecule has 0 heterocycles. The van der Waals surface area contributed by atoms with Crippen LogP contribution in [0.2, 0.25) is 0 Å². The predicted octanol–water partition coefficient (Wildman–Crippen LogP) is 4.65. The van der Waals surface area contributed by atoms with Gasteiger partial charge in [0, 0.05) is 0 Å². The summed E-state index contributed by atoms with van der Waals surface area (Å²) >= 11 is 2.96. The molecule has 22 heavy (non-hydrogen) atoms. The van der Waals surface area contributed by atoms with Gasteiger partial charge >= 0.3 is 0 Å². The SMILES string of the molecule is CCC(C)(C)c1cc(SC(C)(C)N)c(O)c(SC(C)(C)N)c1. The van der Waals surface area contributed by atoms with Crippen LogP contribution in [0, 0.1) is 0 Å². The van der Waals surface area contributed by atoms with E-state index in [4.69, 9.17) is 11.5 Å². The molecular formula is C17H30N2OS2. The summed E-state index contributed by atoms with van der Waals surface area (Å²) in [5.74, 6) is 0.280. The van der Waals surface area contributed by atoms with Gasteiger partial charge in [0.05, 0.1) is 19.5 Å². The van der Waals surface area contributed by atoms with Gasteiger partial charge in [-0.15, -0.1) is 23.5 Å². The van der Waals surface area contributed by atoms with Crippen LogP contribution in [0.1, 0.15) is 60.5 Å². The van der Waals surface area contributed by atoms with Gasteiger partial charge in [0.1, 0.15) is 5.75 Å². The normalized spacial score (nSPS) is 13.5. The maximum absolute atomic E-state index is 10.6. The van der Waals surface area contributed by atoms with E-state index in [0.717, 1.165) is 16.2 Å². The lowest BCUT2D eigenvalue weighted by atomic mass is 9.82. The Hall–Kier alpha value is -0.360. The van der Waals surface area contributed by atoms with Crippen molar-refractivity contribution in [1.29, 1.82) is 0 Å². The highest BCUT2D eigenvalue weighted by Gasteiger charge is 2.26. The van der Waals surface area contributed by atoms with Gasteiger partial charge in [0.25, 0.3) is 0 Å². The lowest BCUT2D eigenvalue weighted by Gasteiger charge is -2.28. The van der Waals surface area contributed by atoms with Crippen LogP contribution in [0.25, 0.3) is 0 Å². The lowest BCUT2D eigenvalue weighted by molar-refractivity contribution is 0.443. The first-order valence-corrected chi connectivity index (χ1v) is 9.22. The number of hydrogen-bond acceptors (Lipinski definition) is 5. The highest BCUT2D eigenvalue weighted by Crippen LogP contribution is 2.46. The van der Waals surface area contributed by atoms with E-state index >= 15 is 0 Å². The largest absolute Gasteiger partial charge is 0.506 e. The van der Waals surface area contributed by atoms with Gasteiger partial charge in [-0.3, -0.25) is 0 Å². The van der Waals surface area contributed by atoms with Gasteiger partial charge in [0.15, 0.2) is 0 Å². The Bertz CT molecular complexity index is 491. The minimum Gasteiger partial charge on any atom is -0.506 e. The van der Waals surface area contributed by atoms with Crippen LogP contribution < -0.4 is 11.5 Å². The van der Waals surface area contributed by atoms with Crippen LogP contribution in [-0.2, 0) is 5.41 Å². The second-order valence-electron chi connectivity index (χ2n) is 7.47. The zero-order chi connectivity index (χ0) is 17.3. The van der Waals surface area contributed by atoms with Crippen molar-refractivity contribution in [2.75, 3.05) is 0 Å². The first-order valence-electron chi connectivity index (χ1n) is 7.58. The van der Waals surface area contributed by atoms with Gasteiger partial charge in [-0.2, -0.15) is 0 Å². The molecule has 5 N–H and O–H groups in total. The fraction of sp³-hybridized carbons (Fsp3) is 0.647. The first kappa shape index (κ1) is 19.7. The fourth-order valence-corrected chi connectivity index (χ4v) is 3.88. The summed E-state index contributed by atoms with van der Waals surface area (Å²) in [6.45, 7) is 14.4. The molecule has 1 rings (SSSR count). The molecule has 1 aromatic rings. The quantitative estimate of drug-likeness (QED) is 0.518. The molecule has 0 unspecified atom stereocenters. The minimum atomic E-state index is -0.452. The molecule has 0 aliphatic heterocycles. The number of nitrogens with two attached hydrogens (primary N) is 2. The van der Waals surface area contributed by atoms with Crippen LogP contribution in [0.15, 0.2) is 21.9 Å². The van der Waals surface area contributed by atoms with Gasteiger partial charge in [-0.05, 0) is 57.2 Å². The van der Waals surface area contributed by atoms with Crippen LogP contribution in [0.3, 0.4) is 0 Å². The Labute approximate surface area is 143 Å². The van der Waals surface area contributed by atoms with E-state index in [1.165, 1.54) is 29.1 Å². The summed E-state index contributed by atoms with van der Waals surface area (Å²) in [6.07, 6.45) is 1.02. The summed E-state index contributed by atoms with van der Waals surface area (Å²) in [5, 5.41) is 10.6. The number of thioether (sulfide) groups is 2. The van der Waals surface area contributed by atoms with E-state index in [1.54, 1.807) is 0 Å². The van der Waals surface area contributed by atoms with E-state index in [9.17, 15) is 5.11 Å². The molecule has 0 saturated carbocycles. The summed E-state index contributed by atoms with van der Waals surface area (Å²) in [6, 6.07) is 4.12. The molecule has 5 heteroatoms. The molecule has 0 aliphatic rings. The number of phenolic OH excluding ortho intramolecular Hbond substituents is 1. The summed E-state index contributed by atoms with van der Waals surface area (Å²) in [7, 11) is 0. The third-order valence-electron chi connectivity index (χ3n) is 3.45. The van der Waals surface area contributed by atoms with Crippen molar-refractivity contribution in [2.45, 2.75) is 79.8 Å². The van der Waals surface area contributed by atoms with Crippen molar-refractivity contribution < 1.29 is 5.11 Å². The Morgan fingerprint density at radius 2 is 1.27 bits per heavy atom. The number of benzene rings is 1. The number of aromatic hydroxyl groups is 1. The van der Waals surface area contributed by atoms with E-state index in [0.29, 0.717) is 0 Å². The topological polar surface area (TPSA) is 72.3 Å². The third-order valence-corrected chi connectivity index (χ3v) is 5.57. The van der Waals surface area contributed by atoms with Crippen LogP contribution >= 0.6 is 23.5 Å². The highest BCUT2D eigenvalue weighted by atomic mass is 32.2. The molecule has 0 aliphatic carbocycles. The monoisotopic (exact) mass is 342 g/mol. The summed E-state index contributed by atoms with van der Waals surface area (Å²) in [5.41, 5.74) is 13.5. The lowest BCUT2D eigenvalue weighted by Crippen LogP contribution is -2.28. The van der Waals surface area contributed by atoms with Crippen molar-refractivity contribution in [1.82, 2.24) is 0 Å². The molecular weight excluding hydrogens is 312 g/mol. The molecule has 0 amide bonds. The van der Waals surface area contributed by atoms with Gasteiger partial charge < -0.3 is 16.6 Å². The molecule has 0 fully saturated rings. The van der Waals surface area contributed by atoms with Crippen LogP contribution in [-0.4, -0.2) is 14.8 Å². The minimum absolute atomic E-state index is 0.0375. The smallest absolute Gasteiger partial charge is 0.142 e. The van der Waals surface area contributed by atoms with Crippen LogP contribution in [0.5, 0.6) is 5.75 Å². The van der Waals surface area contributed by atoms with E-state index < -0.39 is 9.74 Å². The predicted molar refractivity (Wildman–Crippen MR) is 99.7 cm³/mol. The Morgan fingerprint density at radius 1 is 0.909 bits per heavy atom. The van der Waals surface area contributed by atoms with Gasteiger partial charge in [-0.25, -0.2) is 0 Å². The molecule has 0 atom stereocenters. The Kier molecular flexibility index (Phi) is 5.94. The van der Waals surface area contributed by atoms with E-state index in [-0.39, 0.29) is 11.2 Å². The van der Waals surface area contributed by atoms with E-state index in [2.05, 4.69) is 32.9 Å². The second-order valence-corrected chi connectivity index (χ2v) is 10.9. The van der Waals surface area contributed by atoms with Crippen molar-refractivity contribution >= 4 is 23.5 Å². The first-order chi connectivity index (χ1) is 9.75. The number of rotatable bonds is 6. The third kappa shape index (κ3) is 5.69. The maximum Gasteiger partial charge on any atom is 0.142 e. The standard InChI is InChI=1S/C17H30N2OS2/c1-8-15(2,3)11-9-12(21-16(4,5)18)14(20)13(10-11)22-17(6,7)19/h9-10,20H,8,18-19H2,1-7H3. The molecule has 3 nitrogen and oxygen atoms in total. The van der Waals surface area contributed by atoms with Gasteiger partial charge in [0.2, 0.25) is 0 Å². The molecule has 0 aromatic heterocycles. The molecule has 0 spiro atoms. The van der Waals surface area contributed by atoms with E-state index in [1.807, 2.05) is 27.7 Å². The van der Waals surface area contributed by atoms with Crippen molar-refractivity contribution in [3.8, 4) is 5.75 Å². The van der Waals surface area contributed by atoms with Crippen molar-refractivity contribution in [3.05, 3.63) is 17.7 Å². The average Bonchev–Trinajstić information content (AvgIpc) is 2.30. The zero-order valence-electron chi connectivity index (χ0n) is 14.8. The molecule has 126 valence electrons. The fourth-order valence-electron chi connectivity index (χ4n) is 1.90. The molecule has 0 bridgehead atoms. The summed E-state index contributed by atoms with van der Waals surface area (Å²) in [4.78, 5) is 0.732. The molecule has 1 aromatic carbocycles. The molecule has 0 radical (unpaired) electrons. The highest BCUT2D eigenvalue weighted by molar-refractivity contribution is 8.01. The average molecular weight is 343 g/mol. The molecule has 0 saturated heterocycles. The van der Waals surface area contributed by atoms with Crippen molar-refractivity contribution in [2.24, 2.45) is 11.5 Å². The Balaban J connectivity index is 3.43. The van der Waals surface area contributed by atoms with Crippen LogP contribution in [0.4, 0.5) is 0 Å². The Morgan fingerprint density at radius 3 is 1.55 bits per heavy atom. The number of hydrogen-bond donors (Lipinski definition) is 3. The zero-order valence-corrected chi connectivity index (χ0v) is 16.4. The number of phenols is 1. The second kappa shape index (κ2) is 6.63. The van der Waals surface area contributed by atoms with Gasteiger partial charge in [-0.1, -0.05) is 20.8 Å². The van der Waals surface area contributed by atoms with Crippen molar-refractivity contribution in [3.63, 3.8) is 0 Å². The summed E-state index contributed by atoms with van der Waals surface area (Å²) < 4.78 is 0. The maximum atomic E-state index is 10.6.